The normalized spacial score (nSPS) is 14.2. The van der Waals surface area contributed by atoms with Crippen molar-refractivity contribution in [3.8, 4) is 5.75 Å². The number of hydrogen-bond acceptors (Lipinski definition) is 3. The van der Waals surface area contributed by atoms with Gasteiger partial charge in [-0.2, -0.15) is 0 Å². The van der Waals surface area contributed by atoms with Gasteiger partial charge in [0.2, 0.25) is 0 Å². The molecule has 0 unspecified atom stereocenters. The zero-order valence-corrected chi connectivity index (χ0v) is 12.6. The fraction of sp³-hybridized carbons (Fsp3) is 0.562. The molecule has 0 bridgehead atoms. The summed E-state index contributed by atoms with van der Waals surface area (Å²) in [7, 11) is 1.83. The Morgan fingerprint density at radius 3 is 2.26 bits per heavy atom. The van der Waals surface area contributed by atoms with Gasteiger partial charge in [-0.3, -0.25) is 4.79 Å². The number of aryl methyl sites for hydroxylation is 2. The molecule has 0 amide bonds. The van der Waals surface area contributed by atoms with Gasteiger partial charge in [0.1, 0.15) is 5.75 Å². The Hall–Kier alpha value is -1.35. The fourth-order valence-corrected chi connectivity index (χ4v) is 2.39. The second-order valence-corrected chi connectivity index (χ2v) is 5.32. The quantitative estimate of drug-likeness (QED) is 0.829. The summed E-state index contributed by atoms with van der Waals surface area (Å²) in [6.07, 6.45) is 1.54. The molecule has 1 aromatic rings. The Morgan fingerprint density at radius 1 is 1.32 bits per heavy atom. The number of rotatable bonds is 6. The van der Waals surface area contributed by atoms with Gasteiger partial charge in [0, 0.05) is 5.92 Å². The number of phenols is 1. The lowest BCUT2D eigenvalue weighted by Gasteiger charge is -2.21. The third-order valence-corrected chi connectivity index (χ3v) is 3.88. The second kappa shape index (κ2) is 6.71. The van der Waals surface area contributed by atoms with Crippen molar-refractivity contribution >= 4 is 5.78 Å². The van der Waals surface area contributed by atoms with Crippen molar-refractivity contribution in [3.63, 3.8) is 0 Å². The largest absolute Gasteiger partial charge is 0.508 e. The summed E-state index contributed by atoms with van der Waals surface area (Å²) in [5, 5.41) is 12.7. The number of hydrogen-bond donors (Lipinski definition) is 2. The molecule has 0 heterocycles. The molecule has 2 atom stereocenters. The average Bonchev–Trinajstić information content (AvgIpc) is 2.36. The van der Waals surface area contributed by atoms with Crippen molar-refractivity contribution in [1.29, 1.82) is 0 Å². The zero-order valence-electron chi connectivity index (χ0n) is 12.6. The Morgan fingerprint density at radius 2 is 1.84 bits per heavy atom. The van der Waals surface area contributed by atoms with E-state index in [9.17, 15) is 9.90 Å². The van der Waals surface area contributed by atoms with Gasteiger partial charge in [0.15, 0.2) is 5.78 Å². The van der Waals surface area contributed by atoms with Crippen LogP contribution >= 0.6 is 0 Å². The number of aromatic hydroxyl groups is 1. The third-order valence-electron chi connectivity index (χ3n) is 3.88. The third kappa shape index (κ3) is 3.80. The predicted octanol–water partition coefficient (Wildman–Crippen LogP) is 2.75. The van der Waals surface area contributed by atoms with Crippen LogP contribution in [0.3, 0.4) is 0 Å². The first-order valence-corrected chi connectivity index (χ1v) is 6.90. The Kier molecular flexibility index (Phi) is 5.55. The SMILES string of the molecule is CC[C@H](C)C(=O)[C@H](Cc1c(C)cc(O)cc1C)NC. The Balaban J connectivity index is 2.96. The van der Waals surface area contributed by atoms with Crippen LogP contribution in [0.2, 0.25) is 0 Å². The van der Waals surface area contributed by atoms with E-state index >= 15 is 0 Å². The van der Waals surface area contributed by atoms with Crippen LogP contribution in [0.15, 0.2) is 12.1 Å². The highest BCUT2D eigenvalue weighted by atomic mass is 16.3. The van der Waals surface area contributed by atoms with E-state index < -0.39 is 0 Å². The Bertz CT molecular complexity index is 431. The van der Waals surface area contributed by atoms with Crippen LogP contribution in [0, 0.1) is 19.8 Å². The first-order chi connectivity index (χ1) is 8.90. The molecule has 0 aliphatic carbocycles. The molecule has 0 spiro atoms. The Labute approximate surface area is 116 Å². The number of carbonyl (C=O) groups is 1. The highest BCUT2D eigenvalue weighted by Gasteiger charge is 2.22. The summed E-state index contributed by atoms with van der Waals surface area (Å²) >= 11 is 0. The summed E-state index contributed by atoms with van der Waals surface area (Å²) < 4.78 is 0. The van der Waals surface area contributed by atoms with Crippen LogP contribution < -0.4 is 5.32 Å². The molecule has 1 aromatic carbocycles. The van der Waals surface area contributed by atoms with Crippen LogP contribution in [-0.4, -0.2) is 24.0 Å². The molecule has 0 saturated heterocycles. The molecule has 0 fully saturated rings. The fourth-order valence-electron chi connectivity index (χ4n) is 2.39. The first kappa shape index (κ1) is 15.7. The maximum Gasteiger partial charge on any atom is 0.152 e. The maximum atomic E-state index is 12.3. The van der Waals surface area contributed by atoms with Crippen LogP contribution in [0.4, 0.5) is 0 Å². The number of benzene rings is 1. The predicted molar refractivity (Wildman–Crippen MR) is 78.6 cm³/mol. The summed E-state index contributed by atoms with van der Waals surface area (Å²) in [4.78, 5) is 12.3. The van der Waals surface area contributed by atoms with Crippen molar-refractivity contribution in [3.05, 3.63) is 28.8 Å². The summed E-state index contributed by atoms with van der Waals surface area (Å²) in [6.45, 7) is 7.96. The van der Waals surface area contributed by atoms with Gasteiger partial charge in [-0.25, -0.2) is 0 Å². The minimum atomic E-state index is -0.156. The number of phenolic OH excluding ortho intramolecular Hbond substituents is 1. The molecule has 3 nitrogen and oxygen atoms in total. The van der Waals surface area contributed by atoms with E-state index in [-0.39, 0.29) is 23.5 Å². The molecule has 19 heavy (non-hydrogen) atoms. The molecule has 0 saturated carbocycles. The number of Topliss-reactive ketones (excluding diaryl/α,β-unsaturated/α-hetero) is 1. The monoisotopic (exact) mass is 263 g/mol. The van der Waals surface area contributed by atoms with E-state index in [0.29, 0.717) is 6.42 Å². The summed E-state index contributed by atoms with van der Waals surface area (Å²) in [5.74, 6) is 0.625. The molecule has 0 aromatic heterocycles. The van der Waals surface area contributed by atoms with Crippen LogP contribution in [0.25, 0.3) is 0 Å². The average molecular weight is 263 g/mol. The van der Waals surface area contributed by atoms with Crippen molar-refractivity contribution in [1.82, 2.24) is 5.32 Å². The minimum absolute atomic E-state index is 0.0789. The van der Waals surface area contributed by atoms with E-state index in [1.54, 1.807) is 12.1 Å². The van der Waals surface area contributed by atoms with E-state index in [2.05, 4.69) is 5.32 Å². The number of carbonyl (C=O) groups excluding carboxylic acids is 1. The lowest BCUT2D eigenvalue weighted by atomic mass is 9.90. The van der Waals surface area contributed by atoms with Crippen molar-refractivity contribution in [2.45, 2.75) is 46.6 Å². The molecule has 2 N–H and O–H groups in total. The molecule has 106 valence electrons. The van der Waals surface area contributed by atoms with Gasteiger partial charge >= 0.3 is 0 Å². The first-order valence-electron chi connectivity index (χ1n) is 6.90. The zero-order chi connectivity index (χ0) is 14.6. The molecule has 0 aliphatic rings. The van der Waals surface area contributed by atoms with Gasteiger partial charge in [0.05, 0.1) is 6.04 Å². The highest BCUT2D eigenvalue weighted by Crippen LogP contribution is 2.22. The molecular formula is C16H25NO2. The van der Waals surface area contributed by atoms with E-state index in [4.69, 9.17) is 0 Å². The second-order valence-electron chi connectivity index (χ2n) is 5.32. The molecule has 0 radical (unpaired) electrons. The molecule has 1 rings (SSSR count). The van der Waals surface area contributed by atoms with Gasteiger partial charge in [-0.1, -0.05) is 13.8 Å². The standard InChI is InChI=1S/C16H25NO2/c1-6-10(2)16(19)15(17-5)9-14-11(3)7-13(18)8-12(14)4/h7-8,10,15,17-18H,6,9H2,1-5H3/t10-,15-/m0/s1. The molecule has 0 aliphatic heterocycles. The van der Waals surface area contributed by atoms with Gasteiger partial charge in [-0.05, 0) is 62.6 Å². The summed E-state index contributed by atoms with van der Waals surface area (Å²) in [6, 6.07) is 3.35. The van der Waals surface area contributed by atoms with Crippen LogP contribution in [0.1, 0.15) is 37.0 Å². The molecular weight excluding hydrogens is 238 g/mol. The van der Waals surface area contributed by atoms with Crippen molar-refractivity contribution in [2.75, 3.05) is 7.05 Å². The number of ketones is 1. The minimum Gasteiger partial charge on any atom is -0.508 e. The van der Waals surface area contributed by atoms with Crippen LogP contribution in [-0.2, 0) is 11.2 Å². The topological polar surface area (TPSA) is 49.3 Å². The van der Waals surface area contributed by atoms with E-state index in [1.807, 2.05) is 34.7 Å². The van der Waals surface area contributed by atoms with Crippen LogP contribution in [0.5, 0.6) is 5.75 Å². The van der Waals surface area contributed by atoms with Gasteiger partial charge in [0.25, 0.3) is 0 Å². The van der Waals surface area contributed by atoms with E-state index in [0.717, 1.165) is 23.1 Å². The maximum absolute atomic E-state index is 12.3. The smallest absolute Gasteiger partial charge is 0.152 e. The van der Waals surface area contributed by atoms with Crippen molar-refractivity contribution in [2.24, 2.45) is 5.92 Å². The highest BCUT2D eigenvalue weighted by molar-refractivity contribution is 5.86. The number of nitrogens with one attached hydrogen (secondary N) is 1. The lowest BCUT2D eigenvalue weighted by Crippen LogP contribution is -2.39. The summed E-state index contributed by atoms with van der Waals surface area (Å²) in [5.41, 5.74) is 3.22. The van der Waals surface area contributed by atoms with Gasteiger partial charge in [-0.15, -0.1) is 0 Å². The lowest BCUT2D eigenvalue weighted by molar-refractivity contribution is -0.124. The molecule has 3 heteroatoms. The van der Waals surface area contributed by atoms with Gasteiger partial charge < -0.3 is 10.4 Å². The van der Waals surface area contributed by atoms with Crippen molar-refractivity contribution < 1.29 is 9.90 Å². The van der Waals surface area contributed by atoms with E-state index in [1.165, 1.54) is 0 Å². The number of likely N-dealkylation sites (N-methyl/N-ethyl adjacent to an activating group) is 1.